The largest absolute Gasteiger partial charge is 0.481 e. The highest BCUT2D eigenvalue weighted by atomic mass is 16.5. The third-order valence-corrected chi connectivity index (χ3v) is 3.79. The molecular weight excluding hydrogens is 258 g/mol. The first-order valence-electron chi connectivity index (χ1n) is 7.64. The Morgan fingerprint density at radius 2 is 2.10 bits per heavy atom. The standard InChI is InChI=1S/C15H29NO4/c1-12(2)16-7-4-14(10-16)11-19-8-5-13(3)20-9-6-15(17)18/h12-14H,4-11H2,1-3H3,(H,17,18)/t13?,14-/m1/s1. The monoisotopic (exact) mass is 287 g/mol. The number of carbonyl (C=O) groups is 1. The second-order valence-electron chi connectivity index (χ2n) is 5.93. The Morgan fingerprint density at radius 1 is 1.35 bits per heavy atom. The molecule has 0 radical (unpaired) electrons. The zero-order chi connectivity index (χ0) is 15.0. The van der Waals surface area contributed by atoms with Crippen molar-refractivity contribution < 1.29 is 19.4 Å². The highest BCUT2D eigenvalue weighted by Crippen LogP contribution is 2.18. The third-order valence-electron chi connectivity index (χ3n) is 3.79. The first-order valence-corrected chi connectivity index (χ1v) is 7.64. The van der Waals surface area contributed by atoms with Crippen molar-refractivity contribution in [3.63, 3.8) is 0 Å². The van der Waals surface area contributed by atoms with Crippen LogP contribution >= 0.6 is 0 Å². The van der Waals surface area contributed by atoms with E-state index >= 15 is 0 Å². The summed E-state index contributed by atoms with van der Waals surface area (Å²) in [5.41, 5.74) is 0. The topological polar surface area (TPSA) is 59.0 Å². The summed E-state index contributed by atoms with van der Waals surface area (Å²) in [6.07, 6.45) is 2.17. The smallest absolute Gasteiger partial charge is 0.305 e. The van der Waals surface area contributed by atoms with Crippen molar-refractivity contribution in [2.45, 2.75) is 52.2 Å². The summed E-state index contributed by atoms with van der Waals surface area (Å²) in [4.78, 5) is 12.8. The second kappa shape index (κ2) is 9.32. The van der Waals surface area contributed by atoms with Crippen molar-refractivity contribution in [1.82, 2.24) is 4.90 Å². The van der Waals surface area contributed by atoms with Crippen molar-refractivity contribution in [3.8, 4) is 0 Å². The van der Waals surface area contributed by atoms with E-state index in [0.717, 1.165) is 19.6 Å². The van der Waals surface area contributed by atoms with Gasteiger partial charge in [0, 0.05) is 19.2 Å². The molecule has 0 saturated carbocycles. The molecule has 5 heteroatoms. The molecule has 2 atom stereocenters. The van der Waals surface area contributed by atoms with Crippen molar-refractivity contribution in [2.24, 2.45) is 5.92 Å². The van der Waals surface area contributed by atoms with Crippen molar-refractivity contribution in [2.75, 3.05) is 32.9 Å². The van der Waals surface area contributed by atoms with Gasteiger partial charge in [-0.2, -0.15) is 0 Å². The maximum absolute atomic E-state index is 10.4. The second-order valence-corrected chi connectivity index (χ2v) is 5.93. The first kappa shape index (κ1) is 17.4. The number of ether oxygens (including phenoxy) is 2. The van der Waals surface area contributed by atoms with Gasteiger partial charge in [-0.1, -0.05) is 0 Å². The van der Waals surface area contributed by atoms with Gasteiger partial charge in [0.1, 0.15) is 0 Å². The van der Waals surface area contributed by atoms with Crippen molar-refractivity contribution in [3.05, 3.63) is 0 Å². The van der Waals surface area contributed by atoms with Crippen LogP contribution in [0, 0.1) is 5.92 Å². The maximum Gasteiger partial charge on any atom is 0.305 e. The highest BCUT2D eigenvalue weighted by Gasteiger charge is 2.24. The van der Waals surface area contributed by atoms with Crippen LogP contribution in [0.4, 0.5) is 0 Å². The van der Waals surface area contributed by atoms with Gasteiger partial charge in [-0.05, 0) is 46.1 Å². The normalized spacial score (nSPS) is 21.5. The van der Waals surface area contributed by atoms with Gasteiger partial charge >= 0.3 is 5.97 Å². The molecule has 1 saturated heterocycles. The Balaban J connectivity index is 1.98. The van der Waals surface area contributed by atoms with E-state index in [4.69, 9.17) is 14.6 Å². The van der Waals surface area contributed by atoms with Crippen LogP contribution in [-0.2, 0) is 14.3 Å². The molecule has 0 bridgehead atoms. The molecule has 0 aromatic heterocycles. The summed E-state index contributed by atoms with van der Waals surface area (Å²) in [5.74, 6) is -0.162. The molecule has 1 unspecified atom stereocenters. The fourth-order valence-electron chi connectivity index (χ4n) is 2.40. The molecule has 1 N–H and O–H groups in total. The average molecular weight is 287 g/mol. The van der Waals surface area contributed by atoms with E-state index < -0.39 is 5.97 Å². The summed E-state index contributed by atoms with van der Waals surface area (Å²) >= 11 is 0. The lowest BCUT2D eigenvalue weighted by molar-refractivity contribution is -0.138. The first-order chi connectivity index (χ1) is 9.49. The fourth-order valence-corrected chi connectivity index (χ4v) is 2.40. The van der Waals surface area contributed by atoms with E-state index in [1.54, 1.807) is 0 Å². The predicted molar refractivity (Wildman–Crippen MR) is 77.9 cm³/mol. The van der Waals surface area contributed by atoms with Gasteiger partial charge in [-0.3, -0.25) is 4.79 Å². The van der Waals surface area contributed by atoms with E-state index in [-0.39, 0.29) is 19.1 Å². The molecule has 0 aromatic rings. The lowest BCUT2D eigenvalue weighted by Gasteiger charge is -2.20. The molecular formula is C15H29NO4. The quantitative estimate of drug-likeness (QED) is 0.623. The maximum atomic E-state index is 10.4. The van der Waals surface area contributed by atoms with Crippen LogP contribution in [0.15, 0.2) is 0 Å². The molecule has 118 valence electrons. The van der Waals surface area contributed by atoms with E-state index in [1.165, 1.54) is 13.0 Å². The molecule has 5 nitrogen and oxygen atoms in total. The third kappa shape index (κ3) is 7.22. The number of carboxylic acid groups (broad SMARTS) is 1. The lowest BCUT2D eigenvalue weighted by atomic mass is 10.1. The van der Waals surface area contributed by atoms with Gasteiger partial charge in [0.15, 0.2) is 0 Å². The molecule has 0 aromatic carbocycles. The molecule has 1 aliphatic heterocycles. The fraction of sp³-hybridized carbons (Fsp3) is 0.933. The number of nitrogens with zero attached hydrogens (tertiary/aromatic N) is 1. The number of hydrogen-bond donors (Lipinski definition) is 1. The summed E-state index contributed by atoms with van der Waals surface area (Å²) < 4.78 is 11.1. The summed E-state index contributed by atoms with van der Waals surface area (Å²) in [6, 6.07) is 0.627. The van der Waals surface area contributed by atoms with Gasteiger partial charge in [0.2, 0.25) is 0 Å². The van der Waals surface area contributed by atoms with E-state index in [1.807, 2.05) is 6.92 Å². The van der Waals surface area contributed by atoms with E-state index in [2.05, 4.69) is 18.7 Å². The minimum atomic E-state index is -0.815. The minimum absolute atomic E-state index is 0.0603. The van der Waals surface area contributed by atoms with Crippen LogP contribution in [0.2, 0.25) is 0 Å². The molecule has 20 heavy (non-hydrogen) atoms. The van der Waals surface area contributed by atoms with Gasteiger partial charge in [-0.25, -0.2) is 0 Å². The number of hydrogen-bond acceptors (Lipinski definition) is 4. The van der Waals surface area contributed by atoms with Gasteiger partial charge in [0.25, 0.3) is 0 Å². The number of rotatable bonds is 10. The van der Waals surface area contributed by atoms with Gasteiger partial charge in [0.05, 0.1) is 25.7 Å². The summed E-state index contributed by atoms with van der Waals surface area (Å²) in [5, 5.41) is 8.51. The number of aliphatic carboxylic acids is 1. The Hall–Kier alpha value is -0.650. The lowest BCUT2D eigenvalue weighted by Crippen LogP contribution is -2.28. The van der Waals surface area contributed by atoms with Crippen LogP contribution in [0.1, 0.15) is 40.0 Å². The number of carboxylic acids is 1. The minimum Gasteiger partial charge on any atom is -0.481 e. The molecule has 0 amide bonds. The van der Waals surface area contributed by atoms with E-state index in [9.17, 15) is 4.79 Å². The summed E-state index contributed by atoms with van der Waals surface area (Å²) in [6.45, 7) is 10.5. The highest BCUT2D eigenvalue weighted by molar-refractivity contribution is 5.66. The zero-order valence-electron chi connectivity index (χ0n) is 13.0. The summed E-state index contributed by atoms with van der Waals surface area (Å²) in [7, 11) is 0. The van der Waals surface area contributed by atoms with Gasteiger partial charge in [-0.15, -0.1) is 0 Å². The average Bonchev–Trinajstić information content (AvgIpc) is 2.83. The number of likely N-dealkylation sites (tertiary alicyclic amines) is 1. The molecule has 0 spiro atoms. The Labute approximate surface area is 122 Å². The van der Waals surface area contributed by atoms with Crippen molar-refractivity contribution >= 4 is 5.97 Å². The molecule has 1 heterocycles. The van der Waals surface area contributed by atoms with Crippen LogP contribution in [0.3, 0.4) is 0 Å². The van der Waals surface area contributed by atoms with Crippen LogP contribution < -0.4 is 0 Å². The zero-order valence-corrected chi connectivity index (χ0v) is 13.0. The van der Waals surface area contributed by atoms with Gasteiger partial charge < -0.3 is 19.5 Å². The van der Waals surface area contributed by atoms with Crippen LogP contribution in [-0.4, -0.2) is 61.0 Å². The van der Waals surface area contributed by atoms with E-state index in [0.29, 0.717) is 18.6 Å². The van der Waals surface area contributed by atoms with Crippen LogP contribution in [0.25, 0.3) is 0 Å². The Bertz CT molecular complexity index is 283. The van der Waals surface area contributed by atoms with Crippen LogP contribution in [0.5, 0.6) is 0 Å². The molecule has 1 rings (SSSR count). The Kier molecular flexibility index (Phi) is 8.11. The Morgan fingerprint density at radius 3 is 2.70 bits per heavy atom. The molecule has 0 aliphatic carbocycles. The molecule has 1 aliphatic rings. The predicted octanol–water partition coefficient (Wildman–Crippen LogP) is 2.00. The van der Waals surface area contributed by atoms with Crippen molar-refractivity contribution in [1.29, 1.82) is 0 Å². The SMILES string of the molecule is CC(CCOC[C@@H]1CCN(C(C)C)C1)OCCC(=O)O. The molecule has 1 fully saturated rings.